The van der Waals surface area contributed by atoms with E-state index in [0.29, 0.717) is 5.82 Å². The van der Waals surface area contributed by atoms with Crippen LogP contribution in [0.1, 0.15) is 5.56 Å². The molecule has 1 aromatic heterocycles. The fourth-order valence-corrected chi connectivity index (χ4v) is 1.86. The van der Waals surface area contributed by atoms with E-state index in [1.807, 2.05) is 42.5 Å². The second-order valence-corrected chi connectivity index (χ2v) is 3.89. The molecule has 0 radical (unpaired) electrons. The maximum atomic E-state index is 5.87. The second-order valence-electron chi connectivity index (χ2n) is 3.89. The number of anilines is 1. The number of hydrogen-bond acceptors (Lipinski definition) is 4. The minimum atomic E-state index is 0.521. The van der Waals surface area contributed by atoms with Crippen LogP contribution in [-0.2, 0) is 0 Å². The number of pyridine rings is 1. The van der Waals surface area contributed by atoms with Crippen molar-refractivity contribution in [3.8, 4) is 16.9 Å². The van der Waals surface area contributed by atoms with Gasteiger partial charge in [0.25, 0.3) is 0 Å². The fraction of sp³-hybridized carbons (Fsp3) is 0. The number of fused-ring (bicyclic) bond motifs is 1. The molecule has 0 unspecified atom stereocenters. The molecule has 1 aliphatic rings. The Kier molecular flexibility index (Phi) is 2.53. The lowest BCUT2D eigenvalue weighted by Gasteiger charge is -2.07. The lowest BCUT2D eigenvalue weighted by atomic mass is 10.0. The highest BCUT2D eigenvalue weighted by Crippen LogP contribution is 2.30. The number of oxime groups is 1. The molecule has 2 aromatic rings. The Labute approximate surface area is 104 Å². The molecule has 0 saturated carbocycles. The Bertz CT molecular complexity index is 647. The normalized spacial score (nSPS) is 12.7. The predicted octanol–water partition coefficient (Wildman–Crippen LogP) is 2.72. The SMILES string of the molecule is Nc1ncccc1-c1ccc2c(c1)C=CC=NO2. The van der Waals surface area contributed by atoms with Crippen molar-refractivity contribution in [1.82, 2.24) is 4.98 Å². The van der Waals surface area contributed by atoms with Crippen molar-refractivity contribution >= 4 is 18.1 Å². The van der Waals surface area contributed by atoms with Crippen molar-refractivity contribution in [1.29, 1.82) is 0 Å². The molecule has 0 atom stereocenters. The zero-order valence-electron chi connectivity index (χ0n) is 9.58. The third-order valence-electron chi connectivity index (χ3n) is 2.73. The van der Waals surface area contributed by atoms with Crippen LogP contribution in [-0.4, -0.2) is 11.2 Å². The van der Waals surface area contributed by atoms with Crippen LogP contribution < -0.4 is 10.6 Å². The van der Waals surface area contributed by atoms with Gasteiger partial charge in [0, 0.05) is 17.3 Å². The van der Waals surface area contributed by atoms with E-state index in [9.17, 15) is 0 Å². The smallest absolute Gasteiger partial charge is 0.165 e. The summed E-state index contributed by atoms with van der Waals surface area (Å²) < 4.78 is 0. The first kappa shape index (κ1) is 10.5. The molecule has 0 fully saturated rings. The summed E-state index contributed by atoms with van der Waals surface area (Å²) in [6, 6.07) is 9.65. The summed E-state index contributed by atoms with van der Waals surface area (Å²) in [6.07, 6.45) is 7.07. The van der Waals surface area contributed by atoms with Crippen LogP contribution in [0.25, 0.3) is 17.2 Å². The minimum Gasteiger partial charge on any atom is -0.383 e. The molecule has 0 spiro atoms. The number of nitrogens with two attached hydrogens (primary N) is 1. The van der Waals surface area contributed by atoms with E-state index in [0.717, 1.165) is 22.4 Å². The number of allylic oxidation sites excluding steroid dienone is 1. The molecule has 0 aliphatic carbocycles. The maximum absolute atomic E-state index is 5.87. The molecule has 88 valence electrons. The van der Waals surface area contributed by atoms with Crippen LogP contribution in [0, 0.1) is 0 Å². The zero-order valence-corrected chi connectivity index (χ0v) is 9.58. The second kappa shape index (κ2) is 4.33. The maximum Gasteiger partial charge on any atom is 0.165 e. The molecule has 2 heterocycles. The molecule has 4 nitrogen and oxygen atoms in total. The van der Waals surface area contributed by atoms with Gasteiger partial charge in [-0.15, -0.1) is 0 Å². The molecule has 1 aliphatic heterocycles. The molecule has 0 amide bonds. The lowest BCUT2D eigenvalue weighted by molar-refractivity contribution is 0.344. The van der Waals surface area contributed by atoms with Crippen molar-refractivity contribution in [3.05, 3.63) is 48.2 Å². The molecular formula is C14H11N3O. The predicted molar refractivity (Wildman–Crippen MR) is 72.2 cm³/mol. The van der Waals surface area contributed by atoms with Crippen LogP contribution in [0.5, 0.6) is 5.75 Å². The van der Waals surface area contributed by atoms with E-state index in [2.05, 4.69) is 10.1 Å². The Morgan fingerprint density at radius 1 is 1.17 bits per heavy atom. The Morgan fingerprint density at radius 3 is 3.00 bits per heavy atom. The van der Waals surface area contributed by atoms with Gasteiger partial charge in [-0.1, -0.05) is 11.2 Å². The lowest BCUT2D eigenvalue weighted by Crippen LogP contribution is -1.93. The summed E-state index contributed by atoms with van der Waals surface area (Å²) in [5.41, 5.74) is 8.76. The summed E-state index contributed by atoms with van der Waals surface area (Å²) >= 11 is 0. The van der Waals surface area contributed by atoms with E-state index in [1.54, 1.807) is 12.4 Å². The Hall–Kier alpha value is -2.62. The molecular weight excluding hydrogens is 226 g/mol. The van der Waals surface area contributed by atoms with Crippen LogP contribution in [0.3, 0.4) is 0 Å². The largest absolute Gasteiger partial charge is 0.383 e. The number of aromatic nitrogens is 1. The average molecular weight is 237 g/mol. The van der Waals surface area contributed by atoms with Crippen LogP contribution in [0.15, 0.2) is 47.8 Å². The molecule has 18 heavy (non-hydrogen) atoms. The first-order valence-electron chi connectivity index (χ1n) is 5.56. The van der Waals surface area contributed by atoms with Gasteiger partial charge in [0.1, 0.15) is 5.82 Å². The van der Waals surface area contributed by atoms with Crippen LogP contribution in [0.4, 0.5) is 5.82 Å². The van der Waals surface area contributed by atoms with E-state index in [4.69, 9.17) is 10.6 Å². The topological polar surface area (TPSA) is 60.5 Å². The van der Waals surface area contributed by atoms with Gasteiger partial charge in [-0.3, -0.25) is 0 Å². The van der Waals surface area contributed by atoms with Gasteiger partial charge in [0.15, 0.2) is 5.75 Å². The van der Waals surface area contributed by atoms with E-state index < -0.39 is 0 Å². The molecule has 3 rings (SSSR count). The molecule has 0 saturated heterocycles. The standard InChI is InChI=1S/C14H11N3O/c15-14-12(4-2-7-16-14)10-5-6-13-11(9-10)3-1-8-17-18-13/h1-9H,(H2,15,16). The quantitative estimate of drug-likeness (QED) is 0.829. The van der Waals surface area contributed by atoms with Crippen molar-refractivity contribution in [2.45, 2.75) is 0 Å². The van der Waals surface area contributed by atoms with Gasteiger partial charge in [-0.25, -0.2) is 4.98 Å². The van der Waals surface area contributed by atoms with Gasteiger partial charge in [-0.05, 0) is 42.0 Å². The minimum absolute atomic E-state index is 0.521. The highest BCUT2D eigenvalue weighted by molar-refractivity contribution is 5.82. The van der Waals surface area contributed by atoms with Gasteiger partial charge in [0.05, 0.1) is 6.21 Å². The highest BCUT2D eigenvalue weighted by atomic mass is 16.6. The number of benzene rings is 1. The van der Waals surface area contributed by atoms with Crippen molar-refractivity contribution < 1.29 is 4.84 Å². The van der Waals surface area contributed by atoms with E-state index in [1.165, 1.54) is 0 Å². The zero-order chi connectivity index (χ0) is 12.4. The monoisotopic (exact) mass is 237 g/mol. The first-order valence-corrected chi connectivity index (χ1v) is 5.56. The van der Waals surface area contributed by atoms with Crippen molar-refractivity contribution in [2.24, 2.45) is 5.16 Å². The summed E-state index contributed by atoms with van der Waals surface area (Å²) in [7, 11) is 0. The summed E-state index contributed by atoms with van der Waals surface area (Å²) in [5.74, 6) is 1.25. The fourth-order valence-electron chi connectivity index (χ4n) is 1.86. The van der Waals surface area contributed by atoms with Crippen molar-refractivity contribution in [2.75, 3.05) is 5.73 Å². The van der Waals surface area contributed by atoms with E-state index >= 15 is 0 Å². The summed E-state index contributed by atoms with van der Waals surface area (Å²) in [5, 5.41) is 3.78. The third-order valence-corrected chi connectivity index (χ3v) is 2.73. The Morgan fingerprint density at radius 2 is 2.11 bits per heavy atom. The highest BCUT2D eigenvalue weighted by Gasteiger charge is 2.08. The van der Waals surface area contributed by atoms with Gasteiger partial charge < -0.3 is 10.6 Å². The van der Waals surface area contributed by atoms with Gasteiger partial charge >= 0.3 is 0 Å². The number of nitrogen functional groups attached to an aromatic ring is 1. The number of nitrogens with zero attached hydrogens (tertiary/aromatic N) is 2. The molecule has 1 aromatic carbocycles. The van der Waals surface area contributed by atoms with Crippen LogP contribution >= 0.6 is 0 Å². The third kappa shape index (κ3) is 1.84. The molecule has 4 heteroatoms. The van der Waals surface area contributed by atoms with Gasteiger partial charge in [0.2, 0.25) is 0 Å². The van der Waals surface area contributed by atoms with Gasteiger partial charge in [-0.2, -0.15) is 0 Å². The number of hydrogen-bond donors (Lipinski definition) is 1. The molecule has 0 bridgehead atoms. The van der Waals surface area contributed by atoms with Crippen molar-refractivity contribution in [3.63, 3.8) is 0 Å². The number of rotatable bonds is 1. The summed E-state index contributed by atoms with van der Waals surface area (Å²) in [6.45, 7) is 0. The van der Waals surface area contributed by atoms with E-state index in [-0.39, 0.29) is 0 Å². The summed E-state index contributed by atoms with van der Waals surface area (Å²) in [4.78, 5) is 9.32. The average Bonchev–Trinajstić information content (AvgIpc) is 2.63. The molecule has 2 N–H and O–H groups in total. The van der Waals surface area contributed by atoms with Crippen LogP contribution in [0.2, 0.25) is 0 Å². The Balaban J connectivity index is 2.11. The first-order chi connectivity index (χ1) is 8.84.